The Bertz CT molecular complexity index is 494. The van der Waals surface area contributed by atoms with Crippen LogP contribution in [0.5, 0.6) is 0 Å². The number of anilines is 1. The molecule has 0 spiro atoms. The maximum absolute atomic E-state index is 12.2. The standard InChI is InChI=1S/C15H20N2O3/c1-2-11-7-9-17(10-8-11)15(20)16-13-6-4-3-5-12(13)14(18)19/h3-6,11H,2,7-10H2,1H3,(H,16,20)(H,18,19). The third-order valence-corrected chi connectivity index (χ3v) is 3.88. The molecule has 5 heteroatoms. The number of hydrogen-bond acceptors (Lipinski definition) is 2. The Morgan fingerprint density at radius 3 is 2.55 bits per heavy atom. The molecule has 2 N–H and O–H groups in total. The van der Waals surface area contributed by atoms with Crippen molar-refractivity contribution in [3.8, 4) is 0 Å². The first-order valence-corrected chi connectivity index (χ1v) is 7.00. The summed E-state index contributed by atoms with van der Waals surface area (Å²) in [5, 5.41) is 11.8. The first-order valence-electron chi connectivity index (χ1n) is 7.00. The van der Waals surface area contributed by atoms with E-state index >= 15 is 0 Å². The molecule has 5 nitrogen and oxygen atoms in total. The predicted octanol–water partition coefficient (Wildman–Crippen LogP) is 3.04. The van der Waals surface area contributed by atoms with Gasteiger partial charge in [-0.3, -0.25) is 0 Å². The van der Waals surface area contributed by atoms with Crippen LogP contribution < -0.4 is 5.32 Å². The lowest BCUT2D eigenvalue weighted by molar-refractivity contribution is 0.0698. The maximum Gasteiger partial charge on any atom is 0.337 e. The molecule has 1 fully saturated rings. The number of piperidine rings is 1. The molecule has 1 aromatic rings. The highest BCUT2D eigenvalue weighted by atomic mass is 16.4. The van der Waals surface area contributed by atoms with E-state index in [1.165, 1.54) is 6.07 Å². The summed E-state index contributed by atoms with van der Waals surface area (Å²) >= 11 is 0. The summed E-state index contributed by atoms with van der Waals surface area (Å²) in [6.45, 7) is 3.64. The minimum absolute atomic E-state index is 0.115. The number of nitrogens with one attached hydrogen (secondary N) is 1. The van der Waals surface area contributed by atoms with Gasteiger partial charge in [0.1, 0.15) is 0 Å². The Kier molecular flexibility index (Phi) is 4.61. The summed E-state index contributed by atoms with van der Waals surface area (Å²) in [7, 11) is 0. The molecular weight excluding hydrogens is 256 g/mol. The number of para-hydroxylation sites is 1. The summed E-state index contributed by atoms with van der Waals surface area (Å²) in [5.41, 5.74) is 0.465. The third kappa shape index (κ3) is 3.29. The van der Waals surface area contributed by atoms with Gasteiger partial charge in [0, 0.05) is 13.1 Å². The molecular formula is C15H20N2O3. The van der Waals surface area contributed by atoms with Gasteiger partial charge in [-0.1, -0.05) is 25.5 Å². The number of urea groups is 1. The Balaban J connectivity index is 2.00. The molecule has 2 amide bonds. The van der Waals surface area contributed by atoms with E-state index in [9.17, 15) is 9.59 Å². The fourth-order valence-corrected chi connectivity index (χ4v) is 2.52. The zero-order valence-electron chi connectivity index (χ0n) is 11.6. The van der Waals surface area contributed by atoms with Crippen molar-refractivity contribution in [1.82, 2.24) is 4.90 Å². The van der Waals surface area contributed by atoms with Crippen LogP contribution in [0.3, 0.4) is 0 Å². The topological polar surface area (TPSA) is 69.6 Å². The van der Waals surface area contributed by atoms with Gasteiger partial charge in [-0.15, -0.1) is 0 Å². The van der Waals surface area contributed by atoms with Crippen molar-refractivity contribution in [1.29, 1.82) is 0 Å². The van der Waals surface area contributed by atoms with Crippen LogP contribution in [-0.2, 0) is 0 Å². The second-order valence-electron chi connectivity index (χ2n) is 5.12. The largest absolute Gasteiger partial charge is 0.478 e. The van der Waals surface area contributed by atoms with Gasteiger partial charge in [0.05, 0.1) is 11.3 Å². The Hall–Kier alpha value is -2.04. The monoisotopic (exact) mass is 276 g/mol. The summed E-state index contributed by atoms with van der Waals surface area (Å²) in [4.78, 5) is 25.0. The molecule has 108 valence electrons. The van der Waals surface area contributed by atoms with Crippen LogP contribution in [0.25, 0.3) is 0 Å². The average molecular weight is 276 g/mol. The average Bonchev–Trinajstić information content (AvgIpc) is 2.47. The fourth-order valence-electron chi connectivity index (χ4n) is 2.52. The van der Waals surface area contributed by atoms with Crippen LogP contribution in [0, 0.1) is 5.92 Å². The number of amides is 2. The van der Waals surface area contributed by atoms with Gasteiger partial charge < -0.3 is 15.3 Å². The lowest BCUT2D eigenvalue weighted by atomic mass is 9.95. The van der Waals surface area contributed by atoms with Crippen LogP contribution >= 0.6 is 0 Å². The number of carboxylic acids is 1. The summed E-state index contributed by atoms with van der Waals surface area (Å²) in [6, 6.07) is 6.24. The van der Waals surface area contributed by atoms with Crippen LogP contribution in [-0.4, -0.2) is 35.1 Å². The number of carbonyl (C=O) groups is 2. The number of hydrogen-bond donors (Lipinski definition) is 2. The highest BCUT2D eigenvalue weighted by Gasteiger charge is 2.22. The molecule has 0 bridgehead atoms. The lowest BCUT2D eigenvalue weighted by Gasteiger charge is -2.31. The van der Waals surface area contributed by atoms with Gasteiger partial charge in [-0.2, -0.15) is 0 Å². The molecule has 20 heavy (non-hydrogen) atoms. The third-order valence-electron chi connectivity index (χ3n) is 3.88. The van der Waals surface area contributed by atoms with E-state index in [1.54, 1.807) is 23.1 Å². The molecule has 0 aliphatic carbocycles. The van der Waals surface area contributed by atoms with Crippen molar-refractivity contribution >= 4 is 17.7 Å². The zero-order valence-corrected chi connectivity index (χ0v) is 11.6. The number of likely N-dealkylation sites (tertiary alicyclic amines) is 1. The minimum atomic E-state index is -1.04. The quantitative estimate of drug-likeness (QED) is 0.891. The second-order valence-corrected chi connectivity index (χ2v) is 5.12. The van der Waals surface area contributed by atoms with Gasteiger partial charge in [0.15, 0.2) is 0 Å². The molecule has 0 saturated carbocycles. The number of carboxylic acid groups (broad SMARTS) is 1. The highest BCUT2D eigenvalue weighted by Crippen LogP contribution is 2.21. The number of aromatic carboxylic acids is 1. The second kappa shape index (κ2) is 6.41. The van der Waals surface area contributed by atoms with Crippen molar-refractivity contribution in [2.24, 2.45) is 5.92 Å². The van der Waals surface area contributed by atoms with E-state index in [-0.39, 0.29) is 11.6 Å². The summed E-state index contributed by atoms with van der Waals surface area (Å²) in [6.07, 6.45) is 3.19. The molecule has 0 unspecified atom stereocenters. The van der Waals surface area contributed by atoms with E-state index < -0.39 is 5.97 Å². The molecule has 1 saturated heterocycles. The van der Waals surface area contributed by atoms with Crippen molar-refractivity contribution in [2.75, 3.05) is 18.4 Å². The molecule has 1 aromatic carbocycles. The minimum Gasteiger partial charge on any atom is -0.478 e. The molecule has 1 aliphatic heterocycles. The van der Waals surface area contributed by atoms with Gasteiger partial charge in [-0.05, 0) is 30.9 Å². The zero-order chi connectivity index (χ0) is 14.5. The molecule has 0 aromatic heterocycles. The van der Waals surface area contributed by atoms with E-state index in [4.69, 9.17) is 5.11 Å². The first kappa shape index (κ1) is 14.4. The molecule has 2 rings (SSSR count). The molecule has 1 heterocycles. The number of carbonyl (C=O) groups excluding carboxylic acids is 1. The first-order chi connectivity index (χ1) is 9.61. The van der Waals surface area contributed by atoms with E-state index in [1.807, 2.05) is 0 Å². The van der Waals surface area contributed by atoms with Crippen molar-refractivity contribution in [2.45, 2.75) is 26.2 Å². The smallest absolute Gasteiger partial charge is 0.337 e. The van der Waals surface area contributed by atoms with Crippen LogP contribution in [0.15, 0.2) is 24.3 Å². The van der Waals surface area contributed by atoms with E-state index in [2.05, 4.69) is 12.2 Å². The number of rotatable bonds is 3. The Labute approximate surface area is 118 Å². The van der Waals surface area contributed by atoms with E-state index in [0.717, 1.165) is 32.4 Å². The van der Waals surface area contributed by atoms with Gasteiger partial charge >= 0.3 is 12.0 Å². The lowest BCUT2D eigenvalue weighted by Crippen LogP contribution is -2.41. The van der Waals surface area contributed by atoms with Crippen LogP contribution in [0.1, 0.15) is 36.5 Å². The summed E-state index contributed by atoms with van der Waals surface area (Å²) in [5.74, 6) is -0.337. The Morgan fingerprint density at radius 1 is 1.30 bits per heavy atom. The molecule has 0 atom stereocenters. The van der Waals surface area contributed by atoms with Crippen LogP contribution in [0.2, 0.25) is 0 Å². The van der Waals surface area contributed by atoms with Crippen molar-refractivity contribution < 1.29 is 14.7 Å². The van der Waals surface area contributed by atoms with Gasteiger partial charge in [-0.25, -0.2) is 9.59 Å². The number of nitrogens with zero attached hydrogens (tertiary/aromatic N) is 1. The normalized spacial score (nSPS) is 15.9. The maximum atomic E-state index is 12.2. The fraction of sp³-hybridized carbons (Fsp3) is 0.467. The predicted molar refractivity (Wildman–Crippen MR) is 77.0 cm³/mol. The molecule has 1 aliphatic rings. The summed E-state index contributed by atoms with van der Waals surface area (Å²) < 4.78 is 0. The van der Waals surface area contributed by atoms with Crippen LogP contribution in [0.4, 0.5) is 10.5 Å². The van der Waals surface area contributed by atoms with Crippen molar-refractivity contribution in [3.05, 3.63) is 29.8 Å². The van der Waals surface area contributed by atoms with Gasteiger partial charge in [0.2, 0.25) is 0 Å². The Morgan fingerprint density at radius 2 is 1.95 bits per heavy atom. The SMILES string of the molecule is CCC1CCN(C(=O)Nc2ccccc2C(=O)O)CC1. The van der Waals surface area contributed by atoms with Crippen molar-refractivity contribution in [3.63, 3.8) is 0 Å². The highest BCUT2D eigenvalue weighted by molar-refractivity contribution is 5.99. The molecule has 0 radical (unpaired) electrons. The number of benzene rings is 1. The van der Waals surface area contributed by atoms with Gasteiger partial charge in [0.25, 0.3) is 0 Å². The van der Waals surface area contributed by atoms with E-state index in [0.29, 0.717) is 11.6 Å².